The van der Waals surface area contributed by atoms with Crippen LogP contribution in [0.5, 0.6) is 0 Å². The van der Waals surface area contributed by atoms with E-state index < -0.39 is 10.0 Å². The zero-order valence-corrected chi connectivity index (χ0v) is 13.7. The summed E-state index contributed by atoms with van der Waals surface area (Å²) >= 11 is 0. The monoisotopic (exact) mass is 312 g/mol. The van der Waals surface area contributed by atoms with Gasteiger partial charge in [0.25, 0.3) is 0 Å². The number of rotatable bonds is 5. The molecule has 118 valence electrons. The molecule has 0 aromatic heterocycles. The van der Waals surface area contributed by atoms with Gasteiger partial charge < -0.3 is 10.1 Å². The van der Waals surface area contributed by atoms with Crippen molar-refractivity contribution in [3.63, 3.8) is 0 Å². The van der Waals surface area contributed by atoms with Crippen molar-refractivity contribution in [1.82, 2.24) is 4.72 Å². The standard InChI is InChI=1S/C15H24N2O3S/c1-11-4-9-14(21(18,19)16-2)10-15(11)17-12-5-7-13(20-3)8-6-12/h4,9-10,12-13,16-17H,5-8H2,1-3H3. The third-order valence-corrected chi connectivity index (χ3v) is 5.57. The highest BCUT2D eigenvalue weighted by Gasteiger charge is 2.21. The average Bonchev–Trinajstić information content (AvgIpc) is 2.50. The van der Waals surface area contributed by atoms with Crippen LogP contribution in [0.2, 0.25) is 0 Å². The van der Waals surface area contributed by atoms with Crippen LogP contribution in [0, 0.1) is 6.92 Å². The van der Waals surface area contributed by atoms with Gasteiger partial charge in [-0.1, -0.05) is 6.07 Å². The molecular weight excluding hydrogens is 288 g/mol. The number of hydrogen-bond donors (Lipinski definition) is 2. The molecule has 1 aliphatic rings. The molecule has 1 aromatic rings. The third-order valence-electron chi connectivity index (χ3n) is 4.16. The van der Waals surface area contributed by atoms with E-state index in [0.717, 1.165) is 36.9 Å². The number of hydrogen-bond acceptors (Lipinski definition) is 4. The highest BCUT2D eigenvalue weighted by atomic mass is 32.2. The summed E-state index contributed by atoms with van der Waals surface area (Å²) in [6, 6.07) is 5.56. The predicted molar refractivity (Wildman–Crippen MR) is 84.1 cm³/mol. The van der Waals surface area contributed by atoms with Gasteiger partial charge >= 0.3 is 0 Å². The molecule has 0 atom stereocenters. The Morgan fingerprint density at radius 2 is 1.86 bits per heavy atom. The van der Waals surface area contributed by atoms with Crippen LogP contribution in [0.15, 0.2) is 23.1 Å². The first-order valence-electron chi connectivity index (χ1n) is 7.30. The lowest BCUT2D eigenvalue weighted by molar-refractivity contribution is 0.0682. The van der Waals surface area contributed by atoms with Gasteiger partial charge in [0.05, 0.1) is 11.0 Å². The molecule has 6 heteroatoms. The molecule has 5 nitrogen and oxygen atoms in total. The zero-order valence-electron chi connectivity index (χ0n) is 12.8. The van der Waals surface area contributed by atoms with Crippen LogP contribution in [-0.2, 0) is 14.8 Å². The summed E-state index contributed by atoms with van der Waals surface area (Å²) in [4.78, 5) is 0.295. The van der Waals surface area contributed by atoms with E-state index in [4.69, 9.17) is 4.74 Å². The van der Waals surface area contributed by atoms with Crippen molar-refractivity contribution in [1.29, 1.82) is 0 Å². The summed E-state index contributed by atoms with van der Waals surface area (Å²) in [6.07, 6.45) is 4.53. The quantitative estimate of drug-likeness (QED) is 0.875. The van der Waals surface area contributed by atoms with Crippen LogP contribution < -0.4 is 10.0 Å². The molecule has 0 spiro atoms. The normalized spacial score (nSPS) is 23.0. The van der Waals surface area contributed by atoms with Gasteiger partial charge in [0.1, 0.15) is 0 Å². The van der Waals surface area contributed by atoms with Crippen LogP contribution in [0.3, 0.4) is 0 Å². The second-order valence-corrected chi connectivity index (χ2v) is 7.42. The molecule has 0 bridgehead atoms. The highest BCUT2D eigenvalue weighted by molar-refractivity contribution is 7.89. The molecule has 21 heavy (non-hydrogen) atoms. The first-order valence-corrected chi connectivity index (χ1v) is 8.78. The fourth-order valence-electron chi connectivity index (χ4n) is 2.70. The Hall–Kier alpha value is -1.11. The molecule has 1 fully saturated rings. The van der Waals surface area contributed by atoms with E-state index in [1.807, 2.05) is 13.0 Å². The van der Waals surface area contributed by atoms with Gasteiger partial charge in [0.2, 0.25) is 10.0 Å². The maximum atomic E-state index is 11.9. The lowest BCUT2D eigenvalue weighted by Crippen LogP contribution is -2.29. The summed E-state index contributed by atoms with van der Waals surface area (Å²) in [7, 11) is -0.217. The van der Waals surface area contributed by atoms with Crippen molar-refractivity contribution in [2.24, 2.45) is 0 Å². The van der Waals surface area contributed by atoms with E-state index in [-0.39, 0.29) is 0 Å². The minimum absolute atomic E-state index is 0.295. The predicted octanol–water partition coefficient (Wildman–Crippen LogP) is 2.27. The maximum absolute atomic E-state index is 11.9. The molecule has 0 aliphatic heterocycles. The smallest absolute Gasteiger partial charge is 0.240 e. The Morgan fingerprint density at radius 3 is 2.43 bits per heavy atom. The summed E-state index contributed by atoms with van der Waals surface area (Å²) in [5, 5.41) is 3.48. The number of sulfonamides is 1. The first-order chi connectivity index (χ1) is 9.96. The van der Waals surface area contributed by atoms with Crippen LogP contribution in [0.25, 0.3) is 0 Å². The average molecular weight is 312 g/mol. The number of methoxy groups -OCH3 is 1. The van der Waals surface area contributed by atoms with Crippen LogP contribution in [0.4, 0.5) is 5.69 Å². The van der Waals surface area contributed by atoms with Crippen LogP contribution in [0.1, 0.15) is 31.2 Å². The largest absolute Gasteiger partial charge is 0.382 e. The molecular formula is C15H24N2O3S. The number of anilines is 1. The minimum atomic E-state index is -3.40. The second kappa shape index (κ2) is 6.77. The molecule has 0 unspecified atom stereocenters. The van der Waals surface area contributed by atoms with Crippen LogP contribution >= 0.6 is 0 Å². The third kappa shape index (κ3) is 3.96. The van der Waals surface area contributed by atoms with Crippen molar-refractivity contribution in [2.75, 3.05) is 19.5 Å². The molecule has 1 aliphatic carbocycles. The zero-order chi connectivity index (χ0) is 15.5. The number of aryl methyl sites for hydroxylation is 1. The Balaban J connectivity index is 2.12. The van der Waals surface area contributed by atoms with Crippen molar-refractivity contribution >= 4 is 15.7 Å². The van der Waals surface area contributed by atoms with Crippen molar-refractivity contribution in [2.45, 2.75) is 49.6 Å². The molecule has 1 saturated carbocycles. The Labute approximate surface area is 127 Å². The number of ether oxygens (including phenoxy) is 1. The lowest BCUT2D eigenvalue weighted by Gasteiger charge is -2.29. The van der Waals surface area contributed by atoms with Crippen LogP contribution in [-0.4, -0.2) is 34.7 Å². The van der Waals surface area contributed by atoms with Gasteiger partial charge in [0, 0.05) is 18.8 Å². The fraction of sp³-hybridized carbons (Fsp3) is 0.600. The molecule has 1 aromatic carbocycles. The SMILES string of the molecule is CNS(=O)(=O)c1ccc(C)c(NC2CCC(OC)CC2)c1. The second-order valence-electron chi connectivity index (χ2n) is 5.54. The minimum Gasteiger partial charge on any atom is -0.382 e. The molecule has 2 N–H and O–H groups in total. The topological polar surface area (TPSA) is 67.4 Å². The maximum Gasteiger partial charge on any atom is 0.240 e. The highest BCUT2D eigenvalue weighted by Crippen LogP contribution is 2.26. The molecule has 0 saturated heterocycles. The fourth-order valence-corrected chi connectivity index (χ4v) is 3.46. The van der Waals surface area contributed by atoms with E-state index >= 15 is 0 Å². The van der Waals surface area contributed by atoms with E-state index in [2.05, 4.69) is 10.0 Å². The van der Waals surface area contributed by atoms with E-state index in [1.165, 1.54) is 7.05 Å². The van der Waals surface area contributed by atoms with E-state index in [0.29, 0.717) is 17.0 Å². The van der Waals surface area contributed by atoms with Gasteiger partial charge in [-0.25, -0.2) is 13.1 Å². The van der Waals surface area contributed by atoms with Gasteiger partial charge in [-0.3, -0.25) is 0 Å². The number of nitrogens with one attached hydrogen (secondary N) is 2. The molecule has 0 amide bonds. The summed E-state index contributed by atoms with van der Waals surface area (Å²) < 4.78 is 31.5. The van der Waals surface area contributed by atoms with E-state index in [9.17, 15) is 8.42 Å². The summed E-state index contributed by atoms with van der Waals surface area (Å²) in [5.41, 5.74) is 1.95. The Kier molecular flexibility index (Phi) is 5.24. The lowest BCUT2D eigenvalue weighted by atomic mass is 9.92. The van der Waals surface area contributed by atoms with Gasteiger partial charge in [0.15, 0.2) is 0 Å². The van der Waals surface area contributed by atoms with Gasteiger partial charge in [-0.2, -0.15) is 0 Å². The van der Waals surface area contributed by atoms with Crippen molar-refractivity contribution in [3.8, 4) is 0 Å². The van der Waals surface area contributed by atoms with Crippen molar-refractivity contribution in [3.05, 3.63) is 23.8 Å². The Bertz CT molecular complexity index is 579. The molecule has 2 rings (SSSR count). The Morgan fingerprint density at radius 1 is 1.19 bits per heavy atom. The first kappa shape index (κ1) is 16.3. The number of benzene rings is 1. The van der Waals surface area contributed by atoms with E-state index in [1.54, 1.807) is 19.2 Å². The van der Waals surface area contributed by atoms with Gasteiger partial charge in [-0.15, -0.1) is 0 Å². The summed E-state index contributed by atoms with van der Waals surface area (Å²) in [5.74, 6) is 0. The van der Waals surface area contributed by atoms with Gasteiger partial charge in [-0.05, 0) is 57.4 Å². The van der Waals surface area contributed by atoms with Crippen molar-refractivity contribution < 1.29 is 13.2 Å². The molecule has 0 radical (unpaired) electrons. The molecule has 0 heterocycles. The summed E-state index contributed by atoms with van der Waals surface area (Å²) in [6.45, 7) is 1.99.